The third-order valence-corrected chi connectivity index (χ3v) is 3.23. The number of hydrogen-bond acceptors (Lipinski definition) is 6. The smallest absolute Gasteiger partial charge is 0.416 e. The first-order valence-electron chi connectivity index (χ1n) is 6.75. The minimum absolute atomic E-state index is 0.160. The quantitative estimate of drug-likeness (QED) is 0.497. The van der Waals surface area contributed by atoms with Gasteiger partial charge in [0.25, 0.3) is 5.69 Å². The van der Waals surface area contributed by atoms with Gasteiger partial charge in [0.15, 0.2) is 0 Å². The first kappa shape index (κ1) is 18.0. The molecule has 2 aromatic carbocycles. The molecule has 132 valence electrons. The van der Waals surface area contributed by atoms with E-state index in [2.05, 4.69) is 5.10 Å². The Labute approximate surface area is 139 Å². The van der Waals surface area contributed by atoms with Gasteiger partial charge in [-0.05, 0) is 24.3 Å². The topological polar surface area (TPSA) is 99.2 Å². The Kier molecular flexibility index (Phi) is 4.82. The Morgan fingerprint density at radius 3 is 2.44 bits per heavy atom. The summed E-state index contributed by atoms with van der Waals surface area (Å²) in [6.45, 7) is 0. The van der Waals surface area contributed by atoms with Crippen molar-refractivity contribution in [3.8, 4) is 11.5 Å². The van der Waals surface area contributed by atoms with Gasteiger partial charge in [0, 0.05) is 24.7 Å². The number of aromatic hydroxyl groups is 2. The molecule has 10 heteroatoms. The fraction of sp³-hybridized carbons (Fsp3) is 0.133. The molecule has 2 rings (SSSR count). The molecule has 0 atom stereocenters. The van der Waals surface area contributed by atoms with E-state index in [1.807, 2.05) is 0 Å². The maximum atomic E-state index is 12.7. The standard InChI is InChI=1S/C15H12F3N3O4/c1-20(19-8-9-2-4-11(22)7-14(9)23)12-5-3-10(15(16,17)18)6-13(12)21(24)25/h2-8,22-23H,1H3. The van der Waals surface area contributed by atoms with Crippen molar-refractivity contribution in [3.63, 3.8) is 0 Å². The molecule has 0 unspecified atom stereocenters. The summed E-state index contributed by atoms with van der Waals surface area (Å²) < 4.78 is 38.1. The van der Waals surface area contributed by atoms with Crippen LogP contribution < -0.4 is 5.01 Å². The molecule has 0 bridgehead atoms. The van der Waals surface area contributed by atoms with E-state index >= 15 is 0 Å². The highest BCUT2D eigenvalue weighted by atomic mass is 19.4. The van der Waals surface area contributed by atoms with Gasteiger partial charge in [-0.3, -0.25) is 15.1 Å². The predicted octanol–water partition coefficient (Wildman–Crippen LogP) is 3.50. The summed E-state index contributed by atoms with van der Waals surface area (Å²) in [6.07, 6.45) is -3.56. The lowest BCUT2D eigenvalue weighted by Gasteiger charge is -2.15. The maximum absolute atomic E-state index is 12.7. The molecule has 25 heavy (non-hydrogen) atoms. The first-order valence-corrected chi connectivity index (χ1v) is 6.75. The number of nitro benzene ring substituents is 1. The van der Waals surface area contributed by atoms with E-state index in [9.17, 15) is 33.5 Å². The van der Waals surface area contributed by atoms with E-state index in [0.29, 0.717) is 12.1 Å². The van der Waals surface area contributed by atoms with Crippen molar-refractivity contribution < 1.29 is 28.3 Å². The van der Waals surface area contributed by atoms with Crippen molar-refractivity contribution in [2.24, 2.45) is 5.10 Å². The fourth-order valence-corrected chi connectivity index (χ4v) is 1.97. The molecule has 0 aliphatic heterocycles. The molecular weight excluding hydrogens is 343 g/mol. The molecule has 0 saturated heterocycles. The summed E-state index contributed by atoms with van der Waals surface area (Å²) >= 11 is 0. The predicted molar refractivity (Wildman–Crippen MR) is 83.9 cm³/mol. The summed E-state index contributed by atoms with van der Waals surface area (Å²) in [6, 6.07) is 5.80. The zero-order valence-corrected chi connectivity index (χ0v) is 12.7. The summed E-state index contributed by atoms with van der Waals surface area (Å²) in [5, 5.41) is 34.8. The number of hydrogen-bond donors (Lipinski definition) is 2. The summed E-state index contributed by atoms with van der Waals surface area (Å²) in [5.74, 6) is -0.444. The van der Waals surface area contributed by atoms with E-state index in [-0.39, 0.29) is 22.7 Å². The van der Waals surface area contributed by atoms with Crippen molar-refractivity contribution in [1.29, 1.82) is 0 Å². The molecule has 0 spiro atoms. The van der Waals surface area contributed by atoms with E-state index in [1.54, 1.807) is 0 Å². The van der Waals surface area contributed by atoms with Crippen LogP contribution in [0.1, 0.15) is 11.1 Å². The second-order valence-corrected chi connectivity index (χ2v) is 4.97. The van der Waals surface area contributed by atoms with Crippen LogP contribution in [0.2, 0.25) is 0 Å². The Morgan fingerprint density at radius 2 is 1.88 bits per heavy atom. The van der Waals surface area contributed by atoms with E-state index in [4.69, 9.17) is 0 Å². The normalized spacial score (nSPS) is 11.7. The largest absolute Gasteiger partial charge is 0.508 e. The zero-order chi connectivity index (χ0) is 18.8. The Hall–Kier alpha value is -3.30. The third kappa shape index (κ3) is 4.16. The Morgan fingerprint density at radius 1 is 1.20 bits per heavy atom. The Balaban J connectivity index is 2.36. The molecule has 2 N–H and O–H groups in total. The third-order valence-electron chi connectivity index (χ3n) is 3.23. The van der Waals surface area contributed by atoms with Crippen LogP contribution in [0.5, 0.6) is 11.5 Å². The van der Waals surface area contributed by atoms with Gasteiger partial charge in [-0.15, -0.1) is 0 Å². The maximum Gasteiger partial charge on any atom is 0.416 e. The van der Waals surface area contributed by atoms with Crippen molar-refractivity contribution in [2.75, 3.05) is 12.1 Å². The number of hydrazone groups is 1. The SMILES string of the molecule is CN(N=Cc1ccc(O)cc1O)c1ccc(C(F)(F)F)cc1[N+](=O)[O-]. The van der Waals surface area contributed by atoms with E-state index in [0.717, 1.165) is 23.4 Å². The van der Waals surface area contributed by atoms with Crippen LogP contribution >= 0.6 is 0 Å². The molecule has 0 fully saturated rings. The highest BCUT2D eigenvalue weighted by Crippen LogP contribution is 2.36. The first-order chi connectivity index (χ1) is 11.6. The van der Waals surface area contributed by atoms with Gasteiger partial charge in [-0.2, -0.15) is 18.3 Å². The number of rotatable bonds is 4. The molecule has 0 radical (unpaired) electrons. The minimum Gasteiger partial charge on any atom is -0.508 e. The molecular formula is C15H12F3N3O4. The van der Waals surface area contributed by atoms with E-state index < -0.39 is 22.4 Å². The lowest BCUT2D eigenvalue weighted by Crippen LogP contribution is -2.13. The van der Waals surface area contributed by atoms with Gasteiger partial charge in [0.2, 0.25) is 0 Å². The van der Waals surface area contributed by atoms with Gasteiger partial charge < -0.3 is 10.2 Å². The van der Waals surface area contributed by atoms with Crippen LogP contribution in [0.4, 0.5) is 24.5 Å². The van der Waals surface area contributed by atoms with Crippen LogP contribution in [0, 0.1) is 10.1 Å². The van der Waals surface area contributed by atoms with Crippen LogP contribution in [-0.4, -0.2) is 28.4 Å². The lowest BCUT2D eigenvalue weighted by molar-refractivity contribution is -0.384. The lowest BCUT2D eigenvalue weighted by atomic mass is 10.1. The van der Waals surface area contributed by atoms with Crippen LogP contribution in [0.15, 0.2) is 41.5 Å². The molecule has 0 aliphatic carbocycles. The van der Waals surface area contributed by atoms with Crippen LogP contribution in [0.3, 0.4) is 0 Å². The summed E-state index contributed by atoms with van der Waals surface area (Å²) in [4.78, 5) is 10.1. The summed E-state index contributed by atoms with van der Waals surface area (Å²) in [5.41, 5.74) is -1.85. The number of alkyl halides is 3. The fourth-order valence-electron chi connectivity index (χ4n) is 1.97. The van der Waals surface area contributed by atoms with Gasteiger partial charge in [0.05, 0.1) is 16.7 Å². The van der Waals surface area contributed by atoms with Crippen molar-refractivity contribution in [1.82, 2.24) is 0 Å². The number of anilines is 1. The summed E-state index contributed by atoms with van der Waals surface area (Å²) in [7, 11) is 1.31. The number of nitrogens with zero attached hydrogens (tertiary/aromatic N) is 3. The van der Waals surface area contributed by atoms with E-state index in [1.165, 1.54) is 19.2 Å². The molecule has 7 nitrogen and oxygen atoms in total. The number of phenolic OH excluding ortho intramolecular Hbond substituents is 2. The monoisotopic (exact) mass is 355 g/mol. The van der Waals surface area contributed by atoms with Gasteiger partial charge in [-0.25, -0.2) is 0 Å². The molecule has 0 heterocycles. The Bertz CT molecular complexity index is 837. The van der Waals surface area contributed by atoms with Crippen molar-refractivity contribution in [2.45, 2.75) is 6.18 Å². The van der Waals surface area contributed by atoms with Gasteiger partial charge in [0.1, 0.15) is 17.2 Å². The number of benzene rings is 2. The number of phenols is 2. The van der Waals surface area contributed by atoms with Gasteiger partial charge >= 0.3 is 6.18 Å². The minimum atomic E-state index is -4.71. The highest BCUT2D eigenvalue weighted by molar-refractivity contribution is 5.84. The molecule has 0 amide bonds. The molecule has 0 aliphatic rings. The second-order valence-electron chi connectivity index (χ2n) is 4.97. The van der Waals surface area contributed by atoms with Crippen molar-refractivity contribution in [3.05, 3.63) is 57.6 Å². The highest BCUT2D eigenvalue weighted by Gasteiger charge is 2.33. The average Bonchev–Trinajstić information content (AvgIpc) is 2.52. The van der Waals surface area contributed by atoms with Crippen molar-refractivity contribution >= 4 is 17.6 Å². The zero-order valence-electron chi connectivity index (χ0n) is 12.7. The average molecular weight is 355 g/mol. The number of halogens is 3. The molecule has 0 saturated carbocycles. The van der Waals surface area contributed by atoms with Gasteiger partial charge in [-0.1, -0.05) is 0 Å². The van der Waals surface area contributed by atoms with Crippen LogP contribution in [0.25, 0.3) is 0 Å². The second kappa shape index (κ2) is 6.67. The molecule has 2 aromatic rings. The molecule has 0 aromatic heterocycles. The van der Waals surface area contributed by atoms with Crippen LogP contribution in [-0.2, 0) is 6.18 Å². The number of nitro groups is 1.